The number of ether oxygens (including phenoxy) is 1. The zero-order valence-corrected chi connectivity index (χ0v) is 10.8. The molecule has 2 aromatic rings. The molecule has 0 aliphatic heterocycles. The van der Waals surface area contributed by atoms with Crippen LogP contribution < -0.4 is 4.74 Å². The maximum Gasteiger partial charge on any atom is 0.193 e. The van der Waals surface area contributed by atoms with Crippen molar-refractivity contribution >= 4 is 17.4 Å². The molecule has 0 aliphatic rings. The van der Waals surface area contributed by atoms with Gasteiger partial charge in [0.05, 0.1) is 6.61 Å². The molecule has 0 unspecified atom stereocenters. The fourth-order valence-electron chi connectivity index (χ4n) is 1.66. The van der Waals surface area contributed by atoms with E-state index in [0.29, 0.717) is 28.5 Å². The minimum absolute atomic E-state index is 0.0341. The minimum atomic E-state index is -0.0341. The Bertz CT molecular complexity index is 547. The Balaban J connectivity index is 2.28. The lowest BCUT2D eigenvalue weighted by atomic mass is 10.0. The SMILES string of the molecule is CCOc1cccc(C(=O)c2ccc(Cl)cc2)c1. The second kappa shape index (κ2) is 5.69. The number of hydrogen-bond acceptors (Lipinski definition) is 2. The van der Waals surface area contributed by atoms with Gasteiger partial charge in [-0.25, -0.2) is 0 Å². The van der Waals surface area contributed by atoms with E-state index in [1.165, 1.54) is 0 Å². The summed E-state index contributed by atoms with van der Waals surface area (Å²) in [6.45, 7) is 2.49. The van der Waals surface area contributed by atoms with Crippen LogP contribution in [0, 0.1) is 0 Å². The van der Waals surface area contributed by atoms with Crippen LogP contribution >= 0.6 is 11.6 Å². The van der Waals surface area contributed by atoms with E-state index in [1.54, 1.807) is 36.4 Å². The summed E-state index contributed by atoms with van der Waals surface area (Å²) in [6.07, 6.45) is 0. The molecule has 0 N–H and O–H groups in total. The molecule has 0 bridgehead atoms. The molecule has 0 atom stereocenters. The molecule has 0 amide bonds. The Morgan fingerprint density at radius 3 is 2.50 bits per heavy atom. The molecule has 0 spiro atoms. The van der Waals surface area contributed by atoms with Crippen LogP contribution in [0.5, 0.6) is 5.75 Å². The van der Waals surface area contributed by atoms with E-state index in [2.05, 4.69) is 0 Å². The third-order valence-corrected chi connectivity index (χ3v) is 2.77. The monoisotopic (exact) mass is 260 g/mol. The van der Waals surface area contributed by atoms with E-state index in [-0.39, 0.29) is 5.78 Å². The lowest BCUT2D eigenvalue weighted by Gasteiger charge is -2.05. The molecule has 0 saturated carbocycles. The van der Waals surface area contributed by atoms with E-state index in [4.69, 9.17) is 16.3 Å². The average Bonchev–Trinajstić information content (AvgIpc) is 2.39. The molecule has 2 rings (SSSR count). The second-order valence-corrected chi connectivity index (χ2v) is 4.23. The summed E-state index contributed by atoms with van der Waals surface area (Å²) in [5, 5.41) is 0.620. The highest BCUT2D eigenvalue weighted by molar-refractivity contribution is 6.30. The predicted octanol–water partition coefficient (Wildman–Crippen LogP) is 3.97. The van der Waals surface area contributed by atoms with Crippen molar-refractivity contribution in [2.45, 2.75) is 6.92 Å². The van der Waals surface area contributed by atoms with Crippen LogP contribution in [-0.4, -0.2) is 12.4 Å². The highest BCUT2D eigenvalue weighted by Gasteiger charge is 2.09. The van der Waals surface area contributed by atoms with Gasteiger partial charge in [-0.05, 0) is 43.3 Å². The topological polar surface area (TPSA) is 26.3 Å². The second-order valence-electron chi connectivity index (χ2n) is 3.80. The summed E-state index contributed by atoms with van der Waals surface area (Å²) in [5.41, 5.74) is 1.23. The van der Waals surface area contributed by atoms with Gasteiger partial charge < -0.3 is 4.74 Å². The molecule has 0 heterocycles. The number of ketones is 1. The molecule has 92 valence electrons. The van der Waals surface area contributed by atoms with Gasteiger partial charge >= 0.3 is 0 Å². The molecular formula is C15H13ClO2. The quantitative estimate of drug-likeness (QED) is 0.778. The third kappa shape index (κ3) is 2.90. The Morgan fingerprint density at radius 1 is 1.11 bits per heavy atom. The fourth-order valence-corrected chi connectivity index (χ4v) is 1.79. The van der Waals surface area contributed by atoms with Gasteiger partial charge in [-0.3, -0.25) is 4.79 Å². The number of carbonyl (C=O) groups is 1. The smallest absolute Gasteiger partial charge is 0.193 e. The first-order chi connectivity index (χ1) is 8.70. The Labute approximate surface area is 111 Å². The third-order valence-electron chi connectivity index (χ3n) is 2.51. The van der Waals surface area contributed by atoms with Crippen LogP contribution in [-0.2, 0) is 0 Å². The molecular weight excluding hydrogens is 248 g/mol. The molecule has 0 radical (unpaired) electrons. The normalized spacial score (nSPS) is 10.1. The van der Waals surface area contributed by atoms with Crippen LogP contribution in [0.15, 0.2) is 48.5 Å². The predicted molar refractivity (Wildman–Crippen MR) is 72.5 cm³/mol. The molecule has 0 saturated heterocycles. The van der Waals surface area contributed by atoms with Gasteiger partial charge in [0.15, 0.2) is 5.78 Å². The van der Waals surface area contributed by atoms with Gasteiger partial charge in [-0.15, -0.1) is 0 Å². The van der Waals surface area contributed by atoms with Crippen LogP contribution in [0.2, 0.25) is 5.02 Å². The molecule has 0 fully saturated rings. The maximum absolute atomic E-state index is 12.2. The van der Waals surface area contributed by atoms with E-state index >= 15 is 0 Å². The molecule has 3 heteroatoms. The van der Waals surface area contributed by atoms with Crippen molar-refractivity contribution in [2.24, 2.45) is 0 Å². The van der Waals surface area contributed by atoms with Crippen molar-refractivity contribution in [3.63, 3.8) is 0 Å². The molecule has 0 aliphatic carbocycles. The standard InChI is InChI=1S/C15H13ClO2/c1-2-18-14-5-3-4-12(10-14)15(17)11-6-8-13(16)9-7-11/h3-10H,2H2,1H3. The Hall–Kier alpha value is -1.80. The van der Waals surface area contributed by atoms with Crippen molar-refractivity contribution < 1.29 is 9.53 Å². The summed E-state index contributed by atoms with van der Waals surface area (Å²) in [6, 6.07) is 14.0. The summed E-state index contributed by atoms with van der Waals surface area (Å²) >= 11 is 5.80. The van der Waals surface area contributed by atoms with Crippen LogP contribution in [0.25, 0.3) is 0 Å². The first-order valence-corrected chi connectivity index (χ1v) is 6.11. The highest BCUT2D eigenvalue weighted by Crippen LogP contribution is 2.18. The van der Waals surface area contributed by atoms with Gasteiger partial charge in [0.2, 0.25) is 0 Å². The van der Waals surface area contributed by atoms with Crippen LogP contribution in [0.4, 0.5) is 0 Å². The van der Waals surface area contributed by atoms with E-state index in [9.17, 15) is 4.79 Å². The van der Waals surface area contributed by atoms with Crippen molar-refractivity contribution in [1.29, 1.82) is 0 Å². The van der Waals surface area contributed by atoms with Crippen LogP contribution in [0.3, 0.4) is 0 Å². The zero-order valence-electron chi connectivity index (χ0n) is 10.0. The average molecular weight is 261 g/mol. The lowest BCUT2D eigenvalue weighted by Crippen LogP contribution is -2.01. The summed E-state index contributed by atoms with van der Waals surface area (Å²) in [7, 11) is 0. The maximum atomic E-state index is 12.2. The van der Waals surface area contributed by atoms with Crippen LogP contribution in [0.1, 0.15) is 22.8 Å². The first kappa shape index (κ1) is 12.7. The number of carbonyl (C=O) groups excluding carboxylic acids is 1. The van der Waals surface area contributed by atoms with Gasteiger partial charge in [-0.2, -0.15) is 0 Å². The van der Waals surface area contributed by atoms with Gasteiger partial charge in [0.1, 0.15) is 5.75 Å². The van der Waals surface area contributed by atoms with Crippen molar-refractivity contribution in [3.05, 3.63) is 64.7 Å². The Kier molecular flexibility index (Phi) is 4.00. The van der Waals surface area contributed by atoms with Gasteiger partial charge in [0, 0.05) is 16.1 Å². The number of benzene rings is 2. The van der Waals surface area contributed by atoms with Crippen molar-refractivity contribution in [1.82, 2.24) is 0 Å². The van der Waals surface area contributed by atoms with Crippen molar-refractivity contribution in [2.75, 3.05) is 6.61 Å². The summed E-state index contributed by atoms with van der Waals surface area (Å²) < 4.78 is 5.38. The summed E-state index contributed by atoms with van der Waals surface area (Å²) in [5.74, 6) is 0.672. The zero-order chi connectivity index (χ0) is 13.0. The molecule has 0 aromatic heterocycles. The summed E-state index contributed by atoms with van der Waals surface area (Å²) in [4.78, 5) is 12.2. The first-order valence-electron chi connectivity index (χ1n) is 5.74. The van der Waals surface area contributed by atoms with E-state index in [1.807, 2.05) is 19.1 Å². The number of rotatable bonds is 4. The lowest BCUT2D eigenvalue weighted by molar-refractivity contribution is 0.103. The highest BCUT2D eigenvalue weighted by atomic mass is 35.5. The Morgan fingerprint density at radius 2 is 1.83 bits per heavy atom. The molecule has 18 heavy (non-hydrogen) atoms. The van der Waals surface area contributed by atoms with Gasteiger partial charge in [-0.1, -0.05) is 23.7 Å². The minimum Gasteiger partial charge on any atom is -0.494 e. The van der Waals surface area contributed by atoms with E-state index in [0.717, 1.165) is 0 Å². The van der Waals surface area contributed by atoms with E-state index < -0.39 is 0 Å². The van der Waals surface area contributed by atoms with Gasteiger partial charge in [0.25, 0.3) is 0 Å². The number of hydrogen-bond donors (Lipinski definition) is 0. The number of halogens is 1. The van der Waals surface area contributed by atoms with Crippen molar-refractivity contribution in [3.8, 4) is 5.75 Å². The fraction of sp³-hybridized carbons (Fsp3) is 0.133. The molecule has 2 aromatic carbocycles. The molecule has 2 nitrogen and oxygen atoms in total. The largest absolute Gasteiger partial charge is 0.494 e.